The van der Waals surface area contributed by atoms with Gasteiger partial charge in [0.15, 0.2) is 0 Å². The fourth-order valence-corrected chi connectivity index (χ4v) is 4.61. The molecule has 2 aromatic heterocycles. The highest BCUT2D eigenvalue weighted by molar-refractivity contribution is 5.69. The fourth-order valence-electron chi connectivity index (χ4n) is 4.61. The summed E-state index contributed by atoms with van der Waals surface area (Å²) in [6, 6.07) is 8.35. The Labute approximate surface area is 193 Å². The lowest BCUT2D eigenvalue weighted by atomic mass is 9.99. The van der Waals surface area contributed by atoms with E-state index in [4.69, 9.17) is 9.47 Å². The van der Waals surface area contributed by atoms with Crippen LogP contribution >= 0.6 is 0 Å². The van der Waals surface area contributed by atoms with Gasteiger partial charge in [-0.3, -0.25) is 0 Å². The minimum atomic E-state index is -0.512. The van der Waals surface area contributed by atoms with Gasteiger partial charge in [-0.15, -0.1) is 0 Å². The highest BCUT2D eigenvalue weighted by atomic mass is 16.6. The van der Waals surface area contributed by atoms with Crippen LogP contribution in [0.3, 0.4) is 0 Å². The van der Waals surface area contributed by atoms with Crippen LogP contribution < -0.4 is 9.64 Å². The summed E-state index contributed by atoms with van der Waals surface area (Å²) in [5.41, 5.74) is 1.79. The Hall–Kier alpha value is -3.36. The second-order valence-electron chi connectivity index (χ2n) is 9.62. The molecule has 1 fully saturated rings. The van der Waals surface area contributed by atoms with E-state index in [9.17, 15) is 4.79 Å². The molecule has 9 nitrogen and oxygen atoms in total. The maximum absolute atomic E-state index is 12.6. The molecule has 1 aromatic carbocycles. The molecule has 0 radical (unpaired) electrons. The minimum Gasteiger partial charge on any atom is -0.491 e. The van der Waals surface area contributed by atoms with Crippen molar-refractivity contribution >= 4 is 17.7 Å². The van der Waals surface area contributed by atoms with E-state index >= 15 is 0 Å². The number of aromatic nitrogens is 4. The van der Waals surface area contributed by atoms with E-state index in [-0.39, 0.29) is 12.1 Å². The normalized spacial score (nSPS) is 18.5. The van der Waals surface area contributed by atoms with E-state index in [2.05, 4.69) is 26.0 Å². The molecule has 0 aliphatic carbocycles. The third-order valence-electron chi connectivity index (χ3n) is 6.14. The molecule has 2 aliphatic heterocycles. The molecular formula is C24H30N6O3. The summed E-state index contributed by atoms with van der Waals surface area (Å²) < 4.78 is 13.7. The number of fused-ring (bicyclic) bond motifs is 2. The number of benzene rings is 1. The largest absolute Gasteiger partial charge is 0.491 e. The zero-order chi connectivity index (χ0) is 23.0. The Morgan fingerprint density at radius 2 is 2.06 bits per heavy atom. The van der Waals surface area contributed by atoms with Crippen LogP contribution in [0.15, 0.2) is 36.8 Å². The van der Waals surface area contributed by atoms with Crippen LogP contribution in [0.1, 0.15) is 44.7 Å². The third kappa shape index (κ3) is 4.44. The van der Waals surface area contributed by atoms with Crippen LogP contribution in [0.2, 0.25) is 0 Å². The van der Waals surface area contributed by atoms with Crippen molar-refractivity contribution in [3.63, 3.8) is 0 Å². The molecule has 4 heterocycles. The van der Waals surface area contributed by atoms with Gasteiger partial charge >= 0.3 is 6.09 Å². The Morgan fingerprint density at radius 1 is 1.18 bits per heavy atom. The van der Waals surface area contributed by atoms with Crippen molar-refractivity contribution in [3.8, 4) is 5.75 Å². The summed E-state index contributed by atoms with van der Waals surface area (Å²) in [7, 11) is 0. The van der Waals surface area contributed by atoms with Crippen LogP contribution in [-0.2, 0) is 17.7 Å². The van der Waals surface area contributed by atoms with Gasteiger partial charge in [0.05, 0.1) is 12.6 Å². The number of hydrogen-bond donors (Lipinski definition) is 0. The topological polar surface area (TPSA) is 85.1 Å². The monoisotopic (exact) mass is 450 g/mol. The summed E-state index contributed by atoms with van der Waals surface area (Å²) in [6.45, 7) is 8.31. The predicted octanol–water partition coefficient (Wildman–Crippen LogP) is 3.47. The summed E-state index contributed by atoms with van der Waals surface area (Å²) >= 11 is 0. The predicted molar refractivity (Wildman–Crippen MR) is 123 cm³/mol. The lowest BCUT2D eigenvalue weighted by Crippen LogP contribution is -2.40. The van der Waals surface area contributed by atoms with Gasteiger partial charge in [-0.2, -0.15) is 14.6 Å². The fraction of sp³-hybridized carbons (Fsp3) is 0.500. The van der Waals surface area contributed by atoms with Gasteiger partial charge in [0.1, 0.15) is 30.1 Å². The Bertz CT molecular complexity index is 1150. The molecule has 0 spiro atoms. The van der Waals surface area contributed by atoms with Gasteiger partial charge in [-0.1, -0.05) is 12.1 Å². The molecule has 0 saturated carbocycles. The van der Waals surface area contributed by atoms with Gasteiger partial charge in [0.25, 0.3) is 5.78 Å². The number of hydrogen-bond acceptors (Lipinski definition) is 7. The standard InChI is InChI=1S/C24H30N6O3/c1-24(2,3)33-23(31)28-13-10-17-6-4-8-20(19(17)14-28)32-15-18-7-5-12-29(18)21-9-11-25-22-26-16-27-30(21)22/h4,6,8-9,11,16,18H,5,7,10,12-15H2,1-3H3/t18-/m1/s1. The van der Waals surface area contributed by atoms with Crippen LogP contribution in [0.5, 0.6) is 5.75 Å². The van der Waals surface area contributed by atoms with Crippen molar-refractivity contribution in [2.24, 2.45) is 0 Å². The maximum Gasteiger partial charge on any atom is 0.410 e. The molecule has 2 aliphatic rings. The smallest absolute Gasteiger partial charge is 0.410 e. The molecule has 3 aromatic rings. The van der Waals surface area contributed by atoms with Gasteiger partial charge in [-0.05, 0) is 57.7 Å². The molecular weight excluding hydrogens is 420 g/mol. The van der Waals surface area contributed by atoms with Gasteiger partial charge in [0.2, 0.25) is 0 Å². The summed E-state index contributed by atoms with van der Waals surface area (Å²) in [4.78, 5) is 25.2. The summed E-state index contributed by atoms with van der Waals surface area (Å²) in [5.74, 6) is 2.42. The Balaban J connectivity index is 1.31. The van der Waals surface area contributed by atoms with E-state index in [1.54, 1.807) is 15.6 Å². The van der Waals surface area contributed by atoms with Crippen molar-refractivity contribution in [2.45, 2.75) is 58.2 Å². The average molecular weight is 451 g/mol. The first-order chi connectivity index (χ1) is 15.9. The molecule has 1 atom stereocenters. The van der Waals surface area contributed by atoms with E-state index in [0.29, 0.717) is 25.5 Å². The van der Waals surface area contributed by atoms with Crippen molar-refractivity contribution in [2.75, 3.05) is 24.6 Å². The number of carbonyl (C=O) groups excluding carboxylic acids is 1. The first-order valence-corrected chi connectivity index (χ1v) is 11.5. The lowest BCUT2D eigenvalue weighted by Gasteiger charge is -2.32. The van der Waals surface area contributed by atoms with Crippen molar-refractivity contribution in [1.29, 1.82) is 0 Å². The Morgan fingerprint density at radius 3 is 2.91 bits per heavy atom. The van der Waals surface area contributed by atoms with Crippen LogP contribution in [0, 0.1) is 0 Å². The lowest BCUT2D eigenvalue weighted by molar-refractivity contribution is 0.0222. The molecule has 0 bridgehead atoms. The maximum atomic E-state index is 12.6. The van der Waals surface area contributed by atoms with Crippen molar-refractivity contribution in [1.82, 2.24) is 24.5 Å². The molecule has 1 saturated heterocycles. The molecule has 33 heavy (non-hydrogen) atoms. The summed E-state index contributed by atoms with van der Waals surface area (Å²) in [5, 5.41) is 4.33. The van der Waals surface area contributed by atoms with Crippen molar-refractivity contribution < 1.29 is 14.3 Å². The van der Waals surface area contributed by atoms with Gasteiger partial charge in [-0.25, -0.2) is 9.78 Å². The number of nitrogens with zero attached hydrogens (tertiary/aromatic N) is 6. The second-order valence-corrected chi connectivity index (χ2v) is 9.62. The first-order valence-electron chi connectivity index (χ1n) is 11.5. The van der Waals surface area contributed by atoms with Gasteiger partial charge < -0.3 is 19.3 Å². The van der Waals surface area contributed by atoms with Crippen LogP contribution in [-0.4, -0.2) is 61.9 Å². The Kier molecular flexibility index (Phi) is 5.55. The van der Waals surface area contributed by atoms with E-state index < -0.39 is 5.60 Å². The molecule has 0 unspecified atom stereocenters. The van der Waals surface area contributed by atoms with E-state index in [1.165, 1.54) is 11.9 Å². The second kappa shape index (κ2) is 8.53. The van der Waals surface area contributed by atoms with Gasteiger partial charge in [0, 0.05) is 24.8 Å². The van der Waals surface area contributed by atoms with Crippen LogP contribution in [0.25, 0.3) is 5.78 Å². The SMILES string of the molecule is CC(C)(C)OC(=O)N1CCc2cccc(OC[C@H]3CCCN3c3ccnc4ncnn34)c2C1. The number of ether oxygens (including phenoxy) is 2. The third-order valence-corrected chi connectivity index (χ3v) is 6.14. The molecule has 5 rings (SSSR count). The van der Waals surface area contributed by atoms with E-state index in [1.807, 2.05) is 39.0 Å². The molecule has 1 amide bonds. The highest BCUT2D eigenvalue weighted by Crippen LogP contribution is 2.31. The van der Waals surface area contributed by atoms with E-state index in [0.717, 1.165) is 42.9 Å². The molecule has 9 heteroatoms. The minimum absolute atomic E-state index is 0.223. The zero-order valence-corrected chi connectivity index (χ0v) is 19.4. The quantitative estimate of drug-likeness (QED) is 0.602. The average Bonchev–Trinajstić information content (AvgIpc) is 3.45. The molecule has 0 N–H and O–H groups in total. The summed E-state index contributed by atoms with van der Waals surface area (Å²) in [6.07, 6.45) is 5.94. The number of anilines is 1. The number of carbonyl (C=O) groups is 1. The van der Waals surface area contributed by atoms with Crippen LogP contribution in [0.4, 0.5) is 10.6 Å². The first kappa shape index (κ1) is 21.5. The van der Waals surface area contributed by atoms with Crippen molar-refractivity contribution in [3.05, 3.63) is 47.9 Å². The zero-order valence-electron chi connectivity index (χ0n) is 19.4. The molecule has 174 valence electrons. The number of rotatable bonds is 4. The number of amides is 1. The highest BCUT2D eigenvalue weighted by Gasteiger charge is 2.30.